The molecular weight excluding hydrogens is 333 g/mol. The first-order chi connectivity index (χ1) is 10.6. The van der Waals surface area contributed by atoms with E-state index in [9.17, 15) is 26.4 Å². The smallest absolute Gasteiger partial charge is 0.366 e. The van der Waals surface area contributed by atoms with Crippen molar-refractivity contribution in [2.24, 2.45) is 5.73 Å². The third-order valence-electron chi connectivity index (χ3n) is 2.93. The van der Waals surface area contributed by atoms with Crippen molar-refractivity contribution in [3.63, 3.8) is 0 Å². The third-order valence-corrected chi connectivity index (χ3v) is 4.31. The Kier molecular flexibility index (Phi) is 4.33. The molecule has 2 aromatic carbocycles. The first-order valence-electron chi connectivity index (χ1n) is 6.20. The van der Waals surface area contributed by atoms with Crippen molar-refractivity contribution in [1.82, 2.24) is 0 Å². The molecule has 9 heteroatoms. The quantitative estimate of drug-likeness (QED) is 0.893. The largest absolute Gasteiger partial charge is 0.416 e. The van der Waals surface area contributed by atoms with Crippen LogP contribution in [0.1, 0.15) is 15.9 Å². The fraction of sp³-hybridized carbons (Fsp3) is 0.0714. The van der Waals surface area contributed by atoms with Crippen LogP contribution in [0.3, 0.4) is 0 Å². The van der Waals surface area contributed by atoms with E-state index in [0.29, 0.717) is 12.1 Å². The molecule has 1 amide bonds. The van der Waals surface area contributed by atoms with Gasteiger partial charge in [-0.05, 0) is 36.4 Å². The number of halogens is 3. The standard InChI is InChI=1S/C14H11F3N2O3S/c15-14(16,17)9-5-7-10(8-6-9)23(21,22)19-12-4-2-1-3-11(12)13(18)20/h1-8,19H,(H2,18,20). The third kappa shape index (κ3) is 3.81. The van der Waals surface area contributed by atoms with Gasteiger partial charge in [0, 0.05) is 0 Å². The van der Waals surface area contributed by atoms with Crippen molar-refractivity contribution >= 4 is 21.6 Å². The molecule has 0 radical (unpaired) electrons. The number of para-hydroxylation sites is 1. The average molecular weight is 344 g/mol. The molecule has 0 saturated carbocycles. The normalized spacial score (nSPS) is 12.0. The van der Waals surface area contributed by atoms with Crippen molar-refractivity contribution in [3.05, 3.63) is 59.7 Å². The number of sulfonamides is 1. The molecule has 0 spiro atoms. The lowest BCUT2D eigenvalue weighted by atomic mass is 10.2. The molecule has 2 aromatic rings. The van der Waals surface area contributed by atoms with Gasteiger partial charge in [0.15, 0.2) is 0 Å². The summed E-state index contributed by atoms with van der Waals surface area (Å²) >= 11 is 0. The van der Waals surface area contributed by atoms with Crippen molar-refractivity contribution in [2.45, 2.75) is 11.1 Å². The van der Waals surface area contributed by atoms with Gasteiger partial charge in [0.1, 0.15) is 0 Å². The summed E-state index contributed by atoms with van der Waals surface area (Å²) in [5, 5.41) is 0. The Morgan fingerprint density at radius 1 is 1.00 bits per heavy atom. The second-order valence-corrected chi connectivity index (χ2v) is 6.22. The second kappa shape index (κ2) is 5.92. The van der Waals surface area contributed by atoms with Crippen LogP contribution in [-0.4, -0.2) is 14.3 Å². The fourth-order valence-corrected chi connectivity index (χ4v) is 2.89. The van der Waals surface area contributed by atoms with Crippen LogP contribution in [0.15, 0.2) is 53.4 Å². The number of carbonyl (C=O) groups excluding carboxylic acids is 1. The van der Waals surface area contributed by atoms with Crippen LogP contribution in [0, 0.1) is 0 Å². The molecule has 0 aliphatic heterocycles. The van der Waals surface area contributed by atoms with Gasteiger partial charge in [-0.1, -0.05) is 12.1 Å². The highest BCUT2D eigenvalue weighted by molar-refractivity contribution is 7.92. The molecule has 122 valence electrons. The maximum Gasteiger partial charge on any atom is 0.416 e. The zero-order valence-electron chi connectivity index (χ0n) is 11.5. The monoisotopic (exact) mass is 344 g/mol. The van der Waals surface area contributed by atoms with Gasteiger partial charge in [0.2, 0.25) is 0 Å². The Hall–Kier alpha value is -2.55. The molecule has 0 unspecified atom stereocenters. The number of hydrogen-bond acceptors (Lipinski definition) is 3. The Bertz CT molecular complexity index is 831. The van der Waals surface area contributed by atoms with Gasteiger partial charge in [-0.15, -0.1) is 0 Å². The lowest BCUT2D eigenvalue weighted by Gasteiger charge is -2.12. The topological polar surface area (TPSA) is 89.3 Å². The molecule has 0 aromatic heterocycles. The molecule has 3 N–H and O–H groups in total. The van der Waals surface area contributed by atoms with Crippen LogP contribution >= 0.6 is 0 Å². The van der Waals surface area contributed by atoms with E-state index in [1.54, 1.807) is 0 Å². The summed E-state index contributed by atoms with van der Waals surface area (Å²) in [6, 6.07) is 8.61. The number of nitrogens with one attached hydrogen (secondary N) is 1. The number of nitrogens with two attached hydrogens (primary N) is 1. The van der Waals surface area contributed by atoms with Crippen LogP contribution in [0.4, 0.5) is 18.9 Å². The van der Waals surface area contributed by atoms with Crippen LogP contribution in [0.2, 0.25) is 0 Å². The molecular formula is C14H11F3N2O3S. The minimum atomic E-state index is -4.56. The predicted molar refractivity (Wildman–Crippen MR) is 77.2 cm³/mol. The van der Waals surface area contributed by atoms with Crippen molar-refractivity contribution in [3.8, 4) is 0 Å². The summed E-state index contributed by atoms with van der Waals surface area (Å²) in [6.07, 6.45) is -4.56. The summed E-state index contributed by atoms with van der Waals surface area (Å²) in [4.78, 5) is 10.9. The van der Waals surface area contributed by atoms with Gasteiger partial charge in [0.05, 0.1) is 21.7 Å². The number of anilines is 1. The predicted octanol–water partition coefficient (Wildman–Crippen LogP) is 2.61. The Morgan fingerprint density at radius 2 is 1.57 bits per heavy atom. The van der Waals surface area contributed by atoms with Crippen LogP contribution in [0.25, 0.3) is 0 Å². The van der Waals surface area contributed by atoms with Crippen molar-refractivity contribution in [1.29, 1.82) is 0 Å². The first kappa shape index (κ1) is 16.8. The fourth-order valence-electron chi connectivity index (χ4n) is 1.81. The Morgan fingerprint density at radius 3 is 2.09 bits per heavy atom. The number of hydrogen-bond donors (Lipinski definition) is 2. The highest BCUT2D eigenvalue weighted by Crippen LogP contribution is 2.30. The summed E-state index contributed by atoms with van der Waals surface area (Å²) in [6.45, 7) is 0. The molecule has 5 nitrogen and oxygen atoms in total. The maximum atomic E-state index is 12.5. The molecule has 0 saturated heterocycles. The van der Waals surface area contributed by atoms with Gasteiger partial charge in [-0.3, -0.25) is 9.52 Å². The van der Waals surface area contributed by atoms with Gasteiger partial charge in [-0.2, -0.15) is 13.2 Å². The maximum absolute atomic E-state index is 12.5. The van der Waals surface area contributed by atoms with E-state index in [1.807, 2.05) is 0 Å². The van der Waals surface area contributed by atoms with E-state index in [1.165, 1.54) is 24.3 Å². The van der Waals surface area contributed by atoms with Gasteiger partial charge in [0.25, 0.3) is 15.9 Å². The highest BCUT2D eigenvalue weighted by atomic mass is 32.2. The number of carbonyl (C=O) groups is 1. The minimum absolute atomic E-state index is 0.0528. The highest BCUT2D eigenvalue weighted by Gasteiger charge is 2.30. The first-order valence-corrected chi connectivity index (χ1v) is 7.68. The van der Waals surface area contributed by atoms with E-state index in [-0.39, 0.29) is 16.1 Å². The number of alkyl halides is 3. The van der Waals surface area contributed by atoms with E-state index in [4.69, 9.17) is 5.73 Å². The SMILES string of the molecule is NC(=O)c1ccccc1NS(=O)(=O)c1ccc(C(F)(F)F)cc1. The summed E-state index contributed by atoms with van der Waals surface area (Å²) < 4.78 is 64.0. The lowest BCUT2D eigenvalue weighted by Crippen LogP contribution is -2.18. The van der Waals surface area contributed by atoms with Gasteiger partial charge >= 0.3 is 6.18 Å². The van der Waals surface area contributed by atoms with Crippen LogP contribution in [-0.2, 0) is 16.2 Å². The van der Waals surface area contributed by atoms with Crippen LogP contribution in [0.5, 0.6) is 0 Å². The molecule has 0 fully saturated rings. The molecule has 0 heterocycles. The van der Waals surface area contributed by atoms with Crippen molar-refractivity contribution < 1.29 is 26.4 Å². The zero-order valence-corrected chi connectivity index (χ0v) is 12.3. The average Bonchev–Trinajstić information content (AvgIpc) is 2.46. The molecule has 2 rings (SSSR count). The number of benzene rings is 2. The second-order valence-electron chi connectivity index (χ2n) is 4.54. The van der Waals surface area contributed by atoms with E-state index in [2.05, 4.69) is 4.72 Å². The molecule has 23 heavy (non-hydrogen) atoms. The van der Waals surface area contributed by atoms with Gasteiger partial charge < -0.3 is 5.73 Å². The summed E-state index contributed by atoms with van der Waals surface area (Å²) in [5.41, 5.74) is 4.07. The molecule has 0 aliphatic rings. The summed E-state index contributed by atoms with van der Waals surface area (Å²) in [7, 11) is -4.16. The number of primary amides is 1. The molecule has 0 bridgehead atoms. The van der Waals surface area contributed by atoms with Gasteiger partial charge in [-0.25, -0.2) is 8.42 Å². The molecule has 0 aliphatic carbocycles. The van der Waals surface area contributed by atoms with E-state index < -0.39 is 27.7 Å². The van der Waals surface area contributed by atoms with Crippen molar-refractivity contribution in [2.75, 3.05) is 4.72 Å². The van der Waals surface area contributed by atoms with E-state index in [0.717, 1.165) is 12.1 Å². The minimum Gasteiger partial charge on any atom is -0.366 e. The van der Waals surface area contributed by atoms with E-state index >= 15 is 0 Å². The zero-order chi connectivity index (χ0) is 17.3. The summed E-state index contributed by atoms with van der Waals surface area (Å²) in [5.74, 6) is -0.837. The number of rotatable bonds is 4. The lowest BCUT2D eigenvalue weighted by molar-refractivity contribution is -0.137. The van der Waals surface area contributed by atoms with Crippen LogP contribution < -0.4 is 10.5 Å². The Labute approximate surface area is 130 Å². The Balaban J connectivity index is 2.35. The molecule has 0 atom stereocenters. The number of amides is 1.